The number of hydrogen-bond acceptors (Lipinski definition) is 3. The Bertz CT molecular complexity index is 662. The first-order chi connectivity index (χ1) is 9.52. The van der Waals surface area contributed by atoms with Gasteiger partial charge in [0.1, 0.15) is 0 Å². The molecule has 0 aliphatic carbocycles. The van der Waals surface area contributed by atoms with Gasteiger partial charge < -0.3 is 15.8 Å². The largest absolute Gasteiger partial charge is 0.494 e. The topological polar surface area (TPSA) is 64.3 Å². The van der Waals surface area contributed by atoms with E-state index in [1.165, 1.54) is 7.11 Å². The van der Waals surface area contributed by atoms with Crippen LogP contribution < -0.4 is 15.8 Å². The van der Waals surface area contributed by atoms with Gasteiger partial charge in [0.15, 0.2) is 5.75 Å². The van der Waals surface area contributed by atoms with Crippen molar-refractivity contribution in [1.29, 1.82) is 0 Å². The van der Waals surface area contributed by atoms with Gasteiger partial charge in [-0.3, -0.25) is 4.79 Å². The Balaban J connectivity index is 2.31. The molecule has 2 aromatic carbocycles. The first-order valence-electron chi connectivity index (χ1n) is 5.72. The van der Waals surface area contributed by atoms with E-state index in [1.54, 1.807) is 36.4 Å². The number of para-hydroxylation sites is 1. The average Bonchev–Trinajstić information content (AvgIpc) is 2.41. The second-order valence-electron chi connectivity index (χ2n) is 4.01. The molecule has 0 fully saturated rings. The zero-order valence-electron chi connectivity index (χ0n) is 10.6. The molecule has 0 atom stereocenters. The summed E-state index contributed by atoms with van der Waals surface area (Å²) < 4.78 is 5.99. The Morgan fingerprint density at radius 2 is 2.10 bits per heavy atom. The summed E-state index contributed by atoms with van der Waals surface area (Å²) in [7, 11) is 1.47. The molecule has 0 heterocycles. The van der Waals surface area contributed by atoms with Crippen molar-refractivity contribution >= 4 is 44.8 Å². The first kappa shape index (κ1) is 14.7. The third-order valence-corrected chi connectivity index (χ3v) is 3.48. The molecule has 20 heavy (non-hydrogen) atoms. The molecule has 104 valence electrons. The number of rotatable bonds is 3. The first-order valence-corrected chi connectivity index (χ1v) is 6.89. The Kier molecular flexibility index (Phi) is 4.52. The summed E-state index contributed by atoms with van der Waals surface area (Å²) in [6.45, 7) is 0. The van der Waals surface area contributed by atoms with Crippen molar-refractivity contribution in [3.05, 3.63) is 51.5 Å². The normalized spacial score (nSPS) is 10.2. The van der Waals surface area contributed by atoms with Crippen LogP contribution in [0.5, 0.6) is 5.75 Å². The van der Waals surface area contributed by atoms with E-state index in [2.05, 4.69) is 21.2 Å². The highest BCUT2D eigenvalue weighted by molar-refractivity contribution is 9.10. The smallest absolute Gasteiger partial charge is 0.259 e. The van der Waals surface area contributed by atoms with Gasteiger partial charge in [-0.15, -0.1) is 0 Å². The van der Waals surface area contributed by atoms with Crippen LogP contribution in [0.2, 0.25) is 5.02 Å². The van der Waals surface area contributed by atoms with Crippen molar-refractivity contribution in [3.8, 4) is 5.75 Å². The molecule has 0 saturated carbocycles. The number of methoxy groups -OCH3 is 1. The molecule has 0 aromatic heterocycles. The van der Waals surface area contributed by atoms with E-state index in [9.17, 15) is 4.79 Å². The minimum atomic E-state index is -0.335. The predicted octanol–water partition coefficient (Wildman–Crippen LogP) is 3.95. The maximum absolute atomic E-state index is 12.3. The summed E-state index contributed by atoms with van der Waals surface area (Å²) in [4.78, 5) is 12.3. The molecule has 0 spiro atoms. The number of ether oxygens (including phenoxy) is 1. The lowest BCUT2D eigenvalue weighted by Gasteiger charge is -2.12. The Morgan fingerprint density at radius 1 is 1.35 bits per heavy atom. The van der Waals surface area contributed by atoms with E-state index in [-0.39, 0.29) is 5.91 Å². The molecule has 0 bridgehead atoms. The second kappa shape index (κ2) is 6.15. The highest BCUT2D eigenvalue weighted by atomic mass is 79.9. The van der Waals surface area contributed by atoms with E-state index in [0.717, 1.165) is 4.47 Å². The van der Waals surface area contributed by atoms with E-state index < -0.39 is 0 Å². The van der Waals surface area contributed by atoms with Crippen molar-refractivity contribution in [2.24, 2.45) is 0 Å². The second-order valence-corrected chi connectivity index (χ2v) is 5.33. The highest BCUT2D eigenvalue weighted by Gasteiger charge is 2.15. The molecule has 1 amide bonds. The SMILES string of the molecule is COc1c(N)cccc1C(=O)Nc1ccc(Br)cc1Cl. The van der Waals surface area contributed by atoms with Gasteiger partial charge in [0.05, 0.1) is 29.1 Å². The summed E-state index contributed by atoms with van der Waals surface area (Å²) in [5.74, 6) is 0.0107. The molecule has 0 unspecified atom stereocenters. The molecule has 0 radical (unpaired) electrons. The molecule has 0 aliphatic rings. The summed E-state index contributed by atoms with van der Waals surface area (Å²) >= 11 is 9.37. The van der Waals surface area contributed by atoms with Crippen LogP contribution in [0, 0.1) is 0 Å². The predicted molar refractivity (Wildman–Crippen MR) is 84.5 cm³/mol. The van der Waals surface area contributed by atoms with E-state index >= 15 is 0 Å². The Hall–Kier alpha value is -1.72. The van der Waals surface area contributed by atoms with Crippen molar-refractivity contribution in [1.82, 2.24) is 0 Å². The zero-order chi connectivity index (χ0) is 14.7. The molecular formula is C14H12BrClN2O2. The minimum absolute atomic E-state index is 0.335. The van der Waals surface area contributed by atoms with Gasteiger partial charge >= 0.3 is 0 Å². The molecule has 4 nitrogen and oxygen atoms in total. The lowest BCUT2D eigenvalue weighted by Crippen LogP contribution is -2.14. The molecule has 0 aliphatic heterocycles. The van der Waals surface area contributed by atoms with Crippen LogP contribution in [0.25, 0.3) is 0 Å². The summed E-state index contributed by atoms with van der Waals surface area (Å²) in [6.07, 6.45) is 0. The summed E-state index contributed by atoms with van der Waals surface area (Å²) in [5.41, 5.74) is 7.05. The number of anilines is 2. The van der Waals surface area contributed by atoms with Crippen LogP contribution in [0.4, 0.5) is 11.4 Å². The number of carbonyl (C=O) groups excluding carboxylic acids is 1. The van der Waals surface area contributed by atoms with Crippen LogP contribution in [-0.2, 0) is 0 Å². The number of nitrogen functional groups attached to an aromatic ring is 1. The number of hydrogen-bond donors (Lipinski definition) is 2. The van der Waals surface area contributed by atoms with Crippen molar-refractivity contribution in [2.75, 3.05) is 18.2 Å². The van der Waals surface area contributed by atoms with Crippen LogP contribution in [-0.4, -0.2) is 13.0 Å². The van der Waals surface area contributed by atoms with Crippen molar-refractivity contribution in [3.63, 3.8) is 0 Å². The fraction of sp³-hybridized carbons (Fsp3) is 0.0714. The molecule has 3 N–H and O–H groups in total. The third kappa shape index (κ3) is 3.05. The Labute approximate surface area is 130 Å². The molecule has 2 aromatic rings. The number of halogens is 2. The molecule has 2 rings (SSSR count). The lowest BCUT2D eigenvalue weighted by molar-refractivity contribution is 0.102. The van der Waals surface area contributed by atoms with Gasteiger partial charge in [-0.1, -0.05) is 33.6 Å². The van der Waals surface area contributed by atoms with Crippen LogP contribution in [0.1, 0.15) is 10.4 Å². The number of amides is 1. The maximum Gasteiger partial charge on any atom is 0.259 e. The fourth-order valence-electron chi connectivity index (χ4n) is 1.74. The quantitative estimate of drug-likeness (QED) is 0.820. The van der Waals surface area contributed by atoms with Crippen LogP contribution in [0.15, 0.2) is 40.9 Å². The summed E-state index contributed by atoms with van der Waals surface area (Å²) in [5, 5.41) is 3.17. The Morgan fingerprint density at radius 3 is 2.75 bits per heavy atom. The maximum atomic E-state index is 12.3. The lowest BCUT2D eigenvalue weighted by atomic mass is 10.1. The number of nitrogens with one attached hydrogen (secondary N) is 1. The zero-order valence-corrected chi connectivity index (χ0v) is 13.0. The standard InChI is InChI=1S/C14H12BrClN2O2/c1-20-13-9(3-2-4-11(13)17)14(19)18-12-6-5-8(15)7-10(12)16/h2-7H,17H2,1H3,(H,18,19). The molecule has 6 heteroatoms. The van der Waals surface area contributed by atoms with Gasteiger partial charge in [-0.2, -0.15) is 0 Å². The highest BCUT2D eigenvalue weighted by Crippen LogP contribution is 2.29. The number of nitrogens with two attached hydrogens (primary N) is 1. The molecule has 0 saturated heterocycles. The van der Waals surface area contributed by atoms with E-state index in [4.69, 9.17) is 22.1 Å². The van der Waals surface area contributed by atoms with Gasteiger partial charge in [-0.25, -0.2) is 0 Å². The average molecular weight is 356 g/mol. The van der Waals surface area contributed by atoms with Crippen LogP contribution >= 0.6 is 27.5 Å². The molecular weight excluding hydrogens is 344 g/mol. The fourth-order valence-corrected chi connectivity index (χ4v) is 2.46. The van der Waals surface area contributed by atoms with Crippen molar-refractivity contribution in [2.45, 2.75) is 0 Å². The van der Waals surface area contributed by atoms with Crippen LogP contribution in [0.3, 0.4) is 0 Å². The monoisotopic (exact) mass is 354 g/mol. The van der Waals surface area contributed by atoms with E-state index in [1.807, 2.05) is 0 Å². The van der Waals surface area contributed by atoms with Gasteiger partial charge in [0.25, 0.3) is 5.91 Å². The van der Waals surface area contributed by atoms with Gasteiger partial charge in [0, 0.05) is 4.47 Å². The number of carbonyl (C=O) groups is 1. The summed E-state index contributed by atoms with van der Waals surface area (Å²) in [6, 6.07) is 10.2. The van der Waals surface area contributed by atoms with E-state index in [0.29, 0.717) is 27.7 Å². The number of benzene rings is 2. The minimum Gasteiger partial charge on any atom is -0.494 e. The van der Waals surface area contributed by atoms with Crippen molar-refractivity contribution < 1.29 is 9.53 Å². The van der Waals surface area contributed by atoms with Gasteiger partial charge in [0.2, 0.25) is 0 Å². The van der Waals surface area contributed by atoms with Gasteiger partial charge in [-0.05, 0) is 30.3 Å². The third-order valence-electron chi connectivity index (χ3n) is 2.67.